The molecule has 0 aliphatic carbocycles. The van der Waals surface area contributed by atoms with Gasteiger partial charge >= 0.3 is 12.3 Å². The molecule has 0 fully saturated rings. The first-order chi connectivity index (χ1) is 16.8. The number of carbonyl (C=O) groups is 1. The highest BCUT2D eigenvalue weighted by Gasteiger charge is 2.36. The highest BCUT2D eigenvalue weighted by atomic mass is 19.4. The summed E-state index contributed by atoms with van der Waals surface area (Å²) >= 11 is 0. The van der Waals surface area contributed by atoms with E-state index in [4.69, 9.17) is 0 Å². The molecule has 0 saturated heterocycles. The number of hydrogen-bond donors (Lipinski definition) is 4. The number of fused-ring (bicyclic) bond motifs is 2. The number of halogens is 3. The molecule has 0 bridgehead atoms. The Kier molecular flexibility index (Phi) is 5.77. The zero-order valence-corrected chi connectivity index (χ0v) is 18.6. The molecule has 1 aliphatic rings. The van der Waals surface area contributed by atoms with Crippen molar-refractivity contribution in [3.8, 4) is 11.3 Å². The van der Waals surface area contributed by atoms with E-state index in [0.717, 1.165) is 31.3 Å². The molecule has 2 aromatic carbocycles. The maximum atomic E-state index is 13.9. The number of ether oxygens (including phenoxy) is 1. The summed E-state index contributed by atoms with van der Waals surface area (Å²) < 4.78 is 46.3. The minimum atomic E-state index is -4.67. The van der Waals surface area contributed by atoms with Crippen molar-refractivity contribution in [2.75, 3.05) is 24.3 Å². The second kappa shape index (κ2) is 8.91. The van der Waals surface area contributed by atoms with E-state index in [1.807, 2.05) is 18.2 Å². The Morgan fingerprint density at radius 2 is 2.03 bits per heavy atom. The minimum Gasteiger partial charge on any atom is -0.453 e. The van der Waals surface area contributed by atoms with Crippen LogP contribution in [0.5, 0.6) is 0 Å². The summed E-state index contributed by atoms with van der Waals surface area (Å²) in [6, 6.07) is 10.7. The van der Waals surface area contributed by atoms with Crippen LogP contribution in [0.2, 0.25) is 0 Å². The lowest BCUT2D eigenvalue weighted by Gasteiger charge is -2.18. The fourth-order valence-electron chi connectivity index (χ4n) is 4.16. The molecule has 0 unspecified atom stereocenters. The van der Waals surface area contributed by atoms with Crippen LogP contribution >= 0.6 is 0 Å². The standard InChI is InChI=1S/C24H21F3N6O2/c1-35-23(34)32-19-4-2-3-16-17(11-29-21(16)19)20-18(24(25,26)27)12-30-22(33-20)31-15-6-5-13-7-8-28-10-14(13)9-15/h2-6,9,11-12,28-29H,7-8,10H2,1H3,(H,32,34)(H,30,31,33). The zero-order chi connectivity index (χ0) is 24.6. The summed E-state index contributed by atoms with van der Waals surface area (Å²) in [5.41, 5.74) is 2.82. The highest BCUT2D eigenvalue weighted by Crippen LogP contribution is 2.40. The highest BCUT2D eigenvalue weighted by molar-refractivity contribution is 6.04. The first kappa shape index (κ1) is 22.7. The number of aromatic amines is 1. The van der Waals surface area contributed by atoms with Crippen molar-refractivity contribution in [3.05, 3.63) is 65.5 Å². The molecule has 35 heavy (non-hydrogen) atoms. The first-order valence-corrected chi connectivity index (χ1v) is 10.8. The van der Waals surface area contributed by atoms with Gasteiger partial charge in [-0.05, 0) is 42.3 Å². The van der Waals surface area contributed by atoms with Crippen molar-refractivity contribution in [1.29, 1.82) is 0 Å². The molecule has 11 heteroatoms. The van der Waals surface area contributed by atoms with E-state index < -0.39 is 17.8 Å². The molecule has 0 radical (unpaired) electrons. The number of benzene rings is 2. The van der Waals surface area contributed by atoms with Crippen LogP contribution < -0.4 is 16.0 Å². The average molecular weight is 482 g/mol. The SMILES string of the molecule is COC(=O)Nc1cccc2c(-c3nc(Nc4ccc5c(c4)CNCC5)ncc3C(F)(F)F)c[nH]c12. The molecular weight excluding hydrogens is 461 g/mol. The molecule has 2 aromatic heterocycles. The van der Waals surface area contributed by atoms with E-state index >= 15 is 0 Å². The number of hydrogen-bond acceptors (Lipinski definition) is 6. The van der Waals surface area contributed by atoms with Crippen LogP contribution in [0.3, 0.4) is 0 Å². The third-order valence-electron chi connectivity index (χ3n) is 5.84. The summed E-state index contributed by atoms with van der Waals surface area (Å²) in [5, 5.41) is 9.33. The van der Waals surface area contributed by atoms with Crippen LogP contribution in [0.1, 0.15) is 16.7 Å². The predicted molar refractivity (Wildman–Crippen MR) is 125 cm³/mol. The van der Waals surface area contributed by atoms with Gasteiger partial charge in [0, 0.05) is 35.6 Å². The van der Waals surface area contributed by atoms with Gasteiger partial charge in [-0.25, -0.2) is 14.8 Å². The Balaban J connectivity index is 1.56. The molecule has 4 aromatic rings. The Bertz CT molecular complexity index is 1420. The topological polar surface area (TPSA) is 104 Å². The molecule has 8 nitrogen and oxygen atoms in total. The van der Waals surface area contributed by atoms with Crippen LogP contribution in [0.25, 0.3) is 22.2 Å². The van der Waals surface area contributed by atoms with Crippen LogP contribution in [0, 0.1) is 0 Å². The van der Waals surface area contributed by atoms with Crippen molar-refractivity contribution in [2.24, 2.45) is 0 Å². The Morgan fingerprint density at radius 3 is 2.83 bits per heavy atom. The van der Waals surface area contributed by atoms with E-state index in [0.29, 0.717) is 22.3 Å². The molecular formula is C24H21F3N6O2. The van der Waals surface area contributed by atoms with Gasteiger partial charge in [-0.2, -0.15) is 13.2 Å². The quantitative estimate of drug-likeness (QED) is 0.318. The number of rotatable bonds is 4. The third-order valence-corrected chi connectivity index (χ3v) is 5.84. The zero-order valence-electron chi connectivity index (χ0n) is 18.6. The van der Waals surface area contributed by atoms with E-state index in [-0.39, 0.29) is 17.2 Å². The van der Waals surface area contributed by atoms with Crippen molar-refractivity contribution in [2.45, 2.75) is 19.1 Å². The van der Waals surface area contributed by atoms with Crippen LogP contribution in [-0.2, 0) is 23.9 Å². The Hall–Kier alpha value is -4.12. The molecule has 1 aliphatic heterocycles. The molecule has 0 spiro atoms. The van der Waals surface area contributed by atoms with Gasteiger partial charge in [0.1, 0.15) is 5.56 Å². The summed E-state index contributed by atoms with van der Waals surface area (Å²) in [4.78, 5) is 22.8. The largest absolute Gasteiger partial charge is 0.453 e. The van der Waals surface area contributed by atoms with Gasteiger partial charge in [0.05, 0.1) is 24.0 Å². The maximum Gasteiger partial charge on any atom is 0.419 e. The number of carbonyl (C=O) groups excluding carboxylic acids is 1. The van der Waals surface area contributed by atoms with Crippen molar-refractivity contribution < 1.29 is 22.7 Å². The van der Waals surface area contributed by atoms with Crippen molar-refractivity contribution in [3.63, 3.8) is 0 Å². The second-order valence-electron chi connectivity index (χ2n) is 8.04. The summed E-state index contributed by atoms with van der Waals surface area (Å²) in [6.07, 6.45) is -2.24. The van der Waals surface area contributed by atoms with Crippen molar-refractivity contribution in [1.82, 2.24) is 20.3 Å². The van der Waals surface area contributed by atoms with Gasteiger partial charge in [-0.15, -0.1) is 0 Å². The fraction of sp³-hybridized carbons (Fsp3) is 0.208. The monoisotopic (exact) mass is 482 g/mol. The minimum absolute atomic E-state index is 0.0370. The van der Waals surface area contributed by atoms with E-state index in [2.05, 4.69) is 35.6 Å². The van der Waals surface area contributed by atoms with Gasteiger partial charge in [0.25, 0.3) is 0 Å². The number of anilines is 3. The number of alkyl halides is 3. The normalized spacial score (nSPS) is 13.4. The molecule has 4 N–H and O–H groups in total. The van der Waals surface area contributed by atoms with E-state index in [1.165, 1.54) is 18.9 Å². The summed E-state index contributed by atoms with van der Waals surface area (Å²) in [6.45, 7) is 1.63. The fourth-order valence-corrected chi connectivity index (χ4v) is 4.16. The maximum absolute atomic E-state index is 13.9. The predicted octanol–water partition coefficient (Wildman–Crippen LogP) is 5.21. The lowest BCUT2D eigenvalue weighted by atomic mass is 10.0. The summed E-state index contributed by atoms with van der Waals surface area (Å²) in [5.74, 6) is 0.0370. The number of nitrogens with zero attached hydrogens (tertiary/aromatic N) is 2. The number of amides is 1. The van der Waals surface area contributed by atoms with Crippen LogP contribution in [-0.4, -0.2) is 34.7 Å². The van der Waals surface area contributed by atoms with Gasteiger partial charge in [0.2, 0.25) is 5.95 Å². The van der Waals surface area contributed by atoms with Crippen LogP contribution in [0.4, 0.5) is 35.3 Å². The number of aromatic nitrogens is 3. The lowest BCUT2D eigenvalue weighted by Crippen LogP contribution is -2.23. The lowest BCUT2D eigenvalue weighted by molar-refractivity contribution is -0.137. The third kappa shape index (κ3) is 4.50. The van der Waals surface area contributed by atoms with Gasteiger partial charge in [-0.1, -0.05) is 18.2 Å². The smallest absolute Gasteiger partial charge is 0.419 e. The van der Waals surface area contributed by atoms with Gasteiger partial charge in [-0.3, -0.25) is 5.32 Å². The molecule has 5 rings (SSSR count). The number of methoxy groups -OCH3 is 1. The average Bonchev–Trinajstić information content (AvgIpc) is 3.28. The molecule has 0 saturated carbocycles. The number of nitrogens with one attached hydrogen (secondary N) is 4. The van der Waals surface area contributed by atoms with E-state index in [9.17, 15) is 18.0 Å². The number of para-hydroxylation sites is 1. The number of H-pyrrole nitrogens is 1. The Morgan fingerprint density at radius 1 is 1.17 bits per heavy atom. The van der Waals surface area contributed by atoms with Gasteiger partial charge in [0.15, 0.2) is 0 Å². The van der Waals surface area contributed by atoms with E-state index in [1.54, 1.807) is 18.2 Å². The second-order valence-corrected chi connectivity index (χ2v) is 8.04. The van der Waals surface area contributed by atoms with Crippen molar-refractivity contribution >= 4 is 34.3 Å². The molecule has 3 heterocycles. The Labute approximate surface area is 197 Å². The molecule has 1 amide bonds. The van der Waals surface area contributed by atoms with Gasteiger partial charge < -0.3 is 20.4 Å². The molecule has 180 valence electrons. The summed E-state index contributed by atoms with van der Waals surface area (Å²) in [7, 11) is 1.22. The first-order valence-electron chi connectivity index (χ1n) is 10.8. The molecule has 0 atom stereocenters. The van der Waals surface area contributed by atoms with Crippen LogP contribution in [0.15, 0.2) is 48.8 Å².